The molecule has 0 saturated carbocycles. The van der Waals surface area contributed by atoms with Gasteiger partial charge in [0.25, 0.3) is 0 Å². The molecular formula is C26H35N5O2. The number of rotatable bonds is 9. The molecule has 0 aliphatic carbocycles. The van der Waals surface area contributed by atoms with Crippen LogP contribution in [0.4, 0.5) is 0 Å². The maximum absolute atomic E-state index is 13.0. The van der Waals surface area contributed by atoms with E-state index in [1.54, 1.807) is 4.57 Å². The second kappa shape index (κ2) is 10.8. The number of fused-ring (bicyclic) bond motifs is 1. The molecule has 33 heavy (non-hydrogen) atoms. The first kappa shape index (κ1) is 23.2. The lowest BCUT2D eigenvalue weighted by atomic mass is 10.0. The van der Waals surface area contributed by atoms with E-state index in [1.807, 2.05) is 59.1 Å². The molecule has 2 aromatic heterocycles. The Morgan fingerprint density at radius 2 is 1.67 bits per heavy atom. The molecule has 0 bridgehead atoms. The van der Waals surface area contributed by atoms with Gasteiger partial charge in [-0.05, 0) is 43.5 Å². The first-order valence-corrected chi connectivity index (χ1v) is 12.1. The normalized spacial score (nSPS) is 15.2. The summed E-state index contributed by atoms with van der Waals surface area (Å²) in [6, 6.07) is 14.2. The number of imidazole rings is 1. The van der Waals surface area contributed by atoms with Gasteiger partial charge >= 0.3 is 5.69 Å². The minimum Gasteiger partial charge on any atom is -0.343 e. The van der Waals surface area contributed by atoms with Gasteiger partial charge in [0.2, 0.25) is 5.91 Å². The van der Waals surface area contributed by atoms with E-state index in [9.17, 15) is 9.59 Å². The first-order chi connectivity index (χ1) is 16.1. The van der Waals surface area contributed by atoms with Gasteiger partial charge in [0.15, 0.2) is 0 Å². The van der Waals surface area contributed by atoms with Gasteiger partial charge in [0.1, 0.15) is 0 Å². The molecule has 1 saturated heterocycles. The summed E-state index contributed by atoms with van der Waals surface area (Å²) in [5.41, 5.74) is 2.97. The van der Waals surface area contributed by atoms with Crippen LogP contribution in [0, 0.1) is 0 Å². The van der Waals surface area contributed by atoms with Crippen molar-refractivity contribution in [3.63, 3.8) is 0 Å². The fourth-order valence-corrected chi connectivity index (χ4v) is 4.86. The number of nitrogens with zero attached hydrogens (tertiary/aromatic N) is 5. The van der Waals surface area contributed by atoms with Crippen molar-refractivity contribution in [2.45, 2.75) is 58.2 Å². The summed E-state index contributed by atoms with van der Waals surface area (Å²) in [6.45, 7) is 6.19. The van der Waals surface area contributed by atoms with Gasteiger partial charge in [-0.3, -0.25) is 18.9 Å². The average molecular weight is 450 g/mol. The van der Waals surface area contributed by atoms with Crippen LogP contribution in [0.25, 0.3) is 11.0 Å². The molecule has 1 aliphatic rings. The summed E-state index contributed by atoms with van der Waals surface area (Å²) in [6.07, 6.45) is 6.02. The Bertz CT molecular complexity index is 1110. The van der Waals surface area contributed by atoms with Crippen molar-refractivity contribution in [1.82, 2.24) is 23.9 Å². The molecule has 3 heterocycles. The molecule has 3 aromatic rings. The van der Waals surface area contributed by atoms with E-state index in [4.69, 9.17) is 0 Å². The van der Waals surface area contributed by atoms with Crippen LogP contribution < -0.4 is 5.69 Å². The maximum atomic E-state index is 13.0. The first-order valence-electron chi connectivity index (χ1n) is 12.1. The number of carbonyl (C=O) groups excluding carboxylic acids is 1. The predicted octanol–water partition coefficient (Wildman–Crippen LogP) is 3.16. The SMILES string of the molecule is CCCn1c(=O)n(CCC(=O)N(C)C2CCN(CCc3ccccn3)CC2)c2ccccc21. The summed E-state index contributed by atoms with van der Waals surface area (Å²) < 4.78 is 3.58. The summed E-state index contributed by atoms with van der Waals surface area (Å²) in [5.74, 6) is 0.112. The Hall–Kier alpha value is -2.93. The van der Waals surface area contributed by atoms with Crippen molar-refractivity contribution < 1.29 is 4.79 Å². The molecule has 1 amide bonds. The summed E-state index contributed by atoms with van der Waals surface area (Å²) in [5, 5.41) is 0. The van der Waals surface area contributed by atoms with Gasteiger partial charge in [-0.25, -0.2) is 4.79 Å². The highest BCUT2D eigenvalue weighted by Crippen LogP contribution is 2.18. The smallest absolute Gasteiger partial charge is 0.329 e. The van der Waals surface area contributed by atoms with Crippen LogP contribution in [0.2, 0.25) is 0 Å². The maximum Gasteiger partial charge on any atom is 0.329 e. The van der Waals surface area contributed by atoms with Gasteiger partial charge in [-0.2, -0.15) is 0 Å². The Morgan fingerprint density at radius 3 is 2.30 bits per heavy atom. The number of benzene rings is 1. The van der Waals surface area contributed by atoms with Crippen LogP contribution >= 0.6 is 0 Å². The lowest BCUT2D eigenvalue weighted by molar-refractivity contribution is -0.133. The average Bonchev–Trinajstić information content (AvgIpc) is 3.12. The van der Waals surface area contributed by atoms with Gasteiger partial charge in [-0.1, -0.05) is 25.1 Å². The quantitative estimate of drug-likeness (QED) is 0.503. The lowest BCUT2D eigenvalue weighted by Crippen LogP contribution is -2.46. The molecule has 176 valence electrons. The summed E-state index contributed by atoms with van der Waals surface area (Å²) in [4.78, 5) is 34.7. The van der Waals surface area contributed by atoms with E-state index in [-0.39, 0.29) is 17.6 Å². The molecule has 0 N–H and O–H groups in total. The predicted molar refractivity (Wildman–Crippen MR) is 131 cm³/mol. The third-order valence-corrected chi connectivity index (χ3v) is 6.83. The van der Waals surface area contributed by atoms with E-state index in [0.29, 0.717) is 19.5 Å². The van der Waals surface area contributed by atoms with E-state index in [2.05, 4.69) is 22.9 Å². The number of pyridine rings is 1. The second-order valence-electron chi connectivity index (χ2n) is 8.97. The Morgan fingerprint density at radius 1 is 1.00 bits per heavy atom. The zero-order valence-corrected chi connectivity index (χ0v) is 19.8. The number of piperidine rings is 1. The number of aryl methyl sites for hydroxylation is 2. The molecule has 4 rings (SSSR count). The van der Waals surface area contributed by atoms with Crippen LogP contribution in [0.3, 0.4) is 0 Å². The Kier molecular flexibility index (Phi) is 7.60. The molecule has 0 radical (unpaired) electrons. The van der Waals surface area contributed by atoms with Crippen LogP contribution in [0.1, 0.15) is 38.3 Å². The second-order valence-corrected chi connectivity index (χ2v) is 8.97. The number of hydrogen-bond donors (Lipinski definition) is 0. The molecule has 7 nitrogen and oxygen atoms in total. The van der Waals surface area contributed by atoms with Crippen molar-refractivity contribution in [2.75, 3.05) is 26.7 Å². The van der Waals surface area contributed by atoms with Crippen molar-refractivity contribution in [1.29, 1.82) is 0 Å². The van der Waals surface area contributed by atoms with E-state index < -0.39 is 0 Å². The van der Waals surface area contributed by atoms with Gasteiger partial charge < -0.3 is 9.80 Å². The van der Waals surface area contributed by atoms with Crippen molar-refractivity contribution in [2.24, 2.45) is 0 Å². The van der Waals surface area contributed by atoms with Crippen LogP contribution in [-0.4, -0.2) is 62.5 Å². The molecule has 1 aliphatic heterocycles. The topological polar surface area (TPSA) is 63.4 Å². The largest absolute Gasteiger partial charge is 0.343 e. The number of aromatic nitrogens is 3. The third-order valence-electron chi connectivity index (χ3n) is 6.83. The highest BCUT2D eigenvalue weighted by atomic mass is 16.2. The van der Waals surface area contributed by atoms with Crippen LogP contribution in [0.5, 0.6) is 0 Å². The molecule has 0 atom stereocenters. The van der Waals surface area contributed by atoms with E-state index in [0.717, 1.165) is 62.0 Å². The van der Waals surface area contributed by atoms with Crippen molar-refractivity contribution >= 4 is 16.9 Å². The number of hydrogen-bond acceptors (Lipinski definition) is 4. The number of likely N-dealkylation sites (tertiary alicyclic amines) is 1. The van der Waals surface area contributed by atoms with Crippen molar-refractivity contribution in [3.05, 3.63) is 64.8 Å². The standard InChI is InChI=1S/C26H35N5O2/c1-3-16-30-23-9-4-5-10-24(23)31(26(30)33)20-14-25(32)28(2)22-12-18-29(19-13-22)17-11-21-8-6-7-15-27-21/h4-10,15,22H,3,11-14,16-20H2,1-2H3. The van der Waals surface area contributed by atoms with Gasteiger partial charge in [0.05, 0.1) is 11.0 Å². The highest BCUT2D eigenvalue weighted by molar-refractivity contribution is 5.78. The van der Waals surface area contributed by atoms with Crippen LogP contribution in [-0.2, 0) is 24.3 Å². The van der Waals surface area contributed by atoms with Gasteiger partial charge in [0, 0.05) is 70.5 Å². The van der Waals surface area contributed by atoms with E-state index in [1.165, 1.54) is 0 Å². The molecule has 1 aromatic carbocycles. The Balaban J connectivity index is 1.30. The minimum absolute atomic E-state index is 0.0188. The van der Waals surface area contributed by atoms with Crippen molar-refractivity contribution in [3.8, 4) is 0 Å². The third kappa shape index (κ3) is 5.36. The monoisotopic (exact) mass is 449 g/mol. The number of para-hydroxylation sites is 2. The minimum atomic E-state index is -0.0188. The zero-order chi connectivity index (χ0) is 23.2. The highest BCUT2D eigenvalue weighted by Gasteiger charge is 2.25. The Labute approximate surface area is 195 Å². The van der Waals surface area contributed by atoms with Gasteiger partial charge in [-0.15, -0.1) is 0 Å². The molecule has 0 unspecified atom stereocenters. The fraction of sp³-hybridized carbons (Fsp3) is 0.500. The summed E-state index contributed by atoms with van der Waals surface area (Å²) >= 11 is 0. The molecule has 1 fully saturated rings. The number of amides is 1. The summed E-state index contributed by atoms with van der Waals surface area (Å²) in [7, 11) is 1.92. The van der Waals surface area contributed by atoms with E-state index >= 15 is 0 Å². The zero-order valence-electron chi connectivity index (χ0n) is 19.8. The fourth-order valence-electron chi connectivity index (χ4n) is 4.86. The molecule has 0 spiro atoms. The molecular weight excluding hydrogens is 414 g/mol. The number of carbonyl (C=O) groups is 1. The molecule has 7 heteroatoms. The lowest BCUT2D eigenvalue weighted by Gasteiger charge is -2.36. The van der Waals surface area contributed by atoms with Crippen LogP contribution in [0.15, 0.2) is 53.5 Å².